The first-order chi connectivity index (χ1) is 11.9. The number of hydrogen-bond acceptors (Lipinski definition) is 4. The average Bonchev–Trinajstić information content (AvgIpc) is 3.28. The number of aliphatic imine (C=N–C) groups is 1. The highest BCUT2D eigenvalue weighted by Crippen LogP contribution is 2.09. The summed E-state index contributed by atoms with van der Waals surface area (Å²) in [4.78, 5) is 5.91. The van der Waals surface area contributed by atoms with E-state index in [1.165, 1.54) is 4.88 Å². The second-order valence-corrected chi connectivity index (χ2v) is 6.60. The Morgan fingerprint density at radius 1 is 1.08 bits per heavy atom. The number of aliphatic hydroxyl groups excluding tert-OH is 1. The third-order valence-electron chi connectivity index (χ3n) is 3.59. The van der Waals surface area contributed by atoms with Crippen LogP contribution >= 0.6 is 35.3 Å². The van der Waals surface area contributed by atoms with E-state index in [4.69, 9.17) is 9.52 Å². The number of guanidine groups is 1. The summed E-state index contributed by atoms with van der Waals surface area (Å²) < 4.78 is 5.35. The highest BCUT2D eigenvalue weighted by molar-refractivity contribution is 14.0. The Hall–Kier alpha value is -1.06. The van der Waals surface area contributed by atoms with Gasteiger partial charge in [-0.1, -0.05) is 18.9 Å². The predicted molar refractivity (Wildman–Crippen MR) is 115 cm³/mol. The minimum atomic E-state index is 0. The number of hydrogen-bond donors (Lipinski definition) is 3. The molecule has 0 atom stereocenters. The zero-order chi connectivity index (χ0) is 16.9. The lowest BCUT2D eigenvalue weighted by Crippen LogP contribution is -2.38. The number of halogens is 1. The van der Waals surface area contributed by atoms with Crippen molar-refractivity contribution in [1.29, 1.82) is 0 Å². The minimum Gasteiger partial charge on any atom is -0.469 e. The fourth-order valence-corrected chi connectivity index (χ4v) is 2.92. The number of thiophene rings is 1. The molecule has 0 bridgehead atoms. The maximum Gasteiger partial charge on any atom is 0.191 e. The summed E-state index contributed by atoms with van der Waals surface area (Å²) in [5.74, 6) is 1.82. The molecule has 0 saturated heterocycles. The summed E-state index contributed by atoms with van der Waals surface area (Å²) >= 11 is 1.72. The fraction of sp³-hybridized carbons (Fsp3) is 0.500. The van der Waals surface area contributed by atoms with Crippen LogP contribution in [0.15, 0.2) is 45.3 Å². The van der Waals surface area contributed by atoms with Crippen molar-refractivity contribution in [1.82, 2.24) is 10.6 Å². The summed E-state index contributed by atoms with van der Waals surface area (Å²) in [5.41, 5.74) is 0. The Labute approximate surface area is 171 Å². The molecule has 0 fully saturated rings. The van der Waals surface area contributed by atoms with Gasteiger partial charge < -0.3 is 20.2 Å². The monoisotopic (exact) mass is 477 g/mol. The van der Waals surface area contributed by atoms with Gasteiger partial charge in [0.25, 0.3) is 0 Å². The van der Waals surface area contributed by atoms with Gasteiger partial charge in [0.05, 0.1) is 12.8 Å². The average molecular weight is 477 g/mol. The van der Waals surface area contributed by atoms with Crippen LogP contribution in [-0.4, -0.2) is 30.8 Å². The molecule has 0 aliphatic heterocycles. The molecule has 0 aliphatic rings. The smallest absolute Gasteiger partial charge is 0.191 e. The molecule has 0 aromatic carbocycles. The molecule has 5 nitrogen and oxygen atoms in total. The Bertz CT molecular complexity index is 559. The highest BCUT2D eigenvalue weighted by atomic mass is 127. The summed E-state index contributed by atoms with van der Waals surface area (Å²) in [6.07, 6.45) is 6.71. The van der Waals surface area contributed by atoms with Gasteiger partial charge in [-0.3, -0.25) is 0 Å². The summed E-state index contributed by atoms with van der Waals surface area (Å²) in [6.45, 7) is 2.66. The number of rotatable bonds is 11. The lowest BCUT2D eigenvalue weighted by Gasteiger charge is -2.12. The molecule has 0 aliphatic carbocycles. The molecule has 3 N–H and O–H groups in total. The summed E-state index contributed by atoms with van der Waals surface area (Å²) in [5, 5.41) is 17.6. The van der Waals surface area contributed by atoms with Crippen LogP contribution in [0.1, 0.15) is 36.3 Å². The normalized spacial score (nSPS) is 11.2. The molecule has 2 rings (SSSR count). The summed E-state index contributed by atoms with van der Waals surface area (Å²) in [6, 6.07) is 8.04. The van der Waals surface area contributed by atoms with E-state index in [1.54, 1.807) is 17.6 Å². The van der Waals surface area contributed by atoms with Crippen LogP contribution in [0.5, 0.6) is 0 Å². The first kappa shape index (κ1) is 22.0. The molecular weight excluding hydrogens is 449 g/mol. The van der Waals surface area contributed by atoms with E-state index in [0.29, 0.717) is 6.54 Å². The minimum absolute atomic E-state index is 0. The van der Waals surface area contributed by atoms with Crippen molar-refractivity contribution in [2.45, 2.75) is 38.6 Å². The largest absolute Gasteiger partial charge is 0.469 e. The van der Waals surface area contributed by atoms with Crippen LogP contribution < -0.4 is 10.6 Å². The number of aliphatic hydroxyl groups is 1. The Morgan fingerprint density at radius 3 is 2.64 bits per heavy atom. The predicted octanol–water partition coefficient (Wildman–Crippen LogP) is 3.79. The van der Waals surface area contributed by atoms with E-state index in [9.17, 15) is 0 Å². The van der Waals surface area contributed by atoms with Gasteiger partial charge in [-0.25, -0.2) is 4.99 Å². The lowest BCUT2D eigenvalue weighted by molar-refractivity contribution is 0.282. The standard InChI is InChI=1S/C18H27N3O2S.HI/c22-12-4-2-1-3-10-19-18(21-15-17-8-6-14-24-17)20-11-9-16-7-5-13-23-16;/h5-8,13-14,22H,1-4,9-12,15H2,(H2,19,20,21);1H. The number of furan rings is 1. The lowest BCUT2D eigenvalue weighted by atomic mass is 10.2. The molecule has 0 amide bonds. The quantitative estimate of drug-likeness (QED) is 0.199. The van der Waals surface area contributed by atoms with Crippen molar-refractivity contribution < 1.29 is 9.52 Å². The number of unbranched alkanes of at least 4 members (excludes halogenated alkanes) is 3. The second kappa shape index (κ2) is 14.1. The van der Waals surface area contributed by atoms with Crippen molar-refractivity contribution in [2.75, 3.05) is 19.7 Å². The number of nitrogens with zero attached hydrogens (tertiary/aromatic N) is 1. The van der Waals surface area contributed by atoms with Crippen molar-refractivity contribution in [3.8, 4) is 0 Å². The Kier molecular flexibility index (Phi) is 12.4. The number of nitrogens with one attached hydrogen (secondary N) is 2. The maximum absolute atomic E-state index is 8.80. The molecule has 2 heterocycles. The van der Waals surface area contributed by atoms with E-state index in [1.807, 2.05) is 18.2 Å². The maximum atomic E-state index is 8.80. The molecule has 7 heteroatoms. The first-order valence-electron chi connectivity index (χ1n) is 8.56. The van der Waals surface area contributed by atoms with Crippen LogP contribution in [0.4, 0.5) is 0 Å². The van der Waals surface area contributed by atoms with Gasteiger partial charge in [0, 0.05) is 31.0 Å². The Morgan fingerprint density at radius 2 is 1.92 bits per heavy atom. The van der Waals surface area contributed by atoms with Crippen LogP contribution in [-0.2, 0) is 13.0 Å². The van der Waals surface area contributed by atoms with E-state index in [2.05, 4.69) is 27.1 Å². The molecule has 0 radical (unpaired) electrons. The highest BCUT2D eigenvalue weighted by Gasteiger charge is 2.01. The zero-order valence-corrected chi connectivity index (χ0v) is 17.6. The van der Waals surface area contributed by atoms with Gasteiger partial charge in [-0.05, 0) is 36.4 Å². The van der Waals surface area contributed by atoms with E-state index < -0.39 is 0 Å². The third kappa shape index (κ3) is 9.86. The van der Waals surface area contributed by atoms with Crippen LogP contribution in [0.2, 0.25) is 0 Å². The van der Waals surface area contributed by atoms with Crippen LogP contribution in [0.25, 0.3) is 0 Å². The molecule has 140 valence electrons. The molecular formula is C18H28IN3O2S. The molecule has 0 saturated carbocycles. The molecule has 25 heavy (non-hydrogen) atoms. The van der Waals surface area contributed by atoms with Crippen molar-refractivity contribution >= 4 is 41.3 Å². The van der Waals surface area contributed by atoms with Gasteiger partial charge in [-0.2, -0.15) is 0 Å². The molecule has 0 unspecified atom stereocenters. The summed E-state index contributed by atoms with van der Waals surface area (Å²) in [7, 11) is 0. The van der Waals surface area contributed by atoms with Gasteiger partial charge in [0.1, 0.15) is 5.76 Å². The fourth-order valence-electron chi connectivity index (χ4n) is 2.29. The topological polar surface area (TPSA) is 69.8 Å². The van der Waals surface area contributed by atoms with Gasteiger partial charge >= 0.3 is 0 Å². The van der Waals surface area contributed by atoms with Gasteiger partial charge in [-0.15, -0.1) is 35.3 Å². The van der Waals surface area contributed by atoms with Crippen molar-refractivity contribution in [2.24, 2.45) is 4.99 Å². The molecule has 0 spiro atoms. The molecule has 2 aromatic rings. The second-order valence-electron chi connectivity index (χ2n) is 5.56. The van der Waals surface area contributed by atoms with E-state index in [0.717, 1.165) is 56.9 Å². The van der Waals surface area contributed by atoms with Crippen molar-refractivity contribution in [3.05, 3.63) is 46.5 Å². The third-order valence-corrected chi connectivity index (χ3v) is 4.46. The van der Waals surface area contributed by atoms with Crippen molar-refractivity contribution in [3.63, 3.8) is 0 Å². The Balaban J connectivity index is 0.00000312. The van der Waals surface area contributed by atoms with Gasteiger partial charge in [0.2, 0.25) is 0 Å². The van der Waals surface area contributed by atoms with E-state index in [-0.39, 0.29) is 30.6 Å². The zero-order valence-electron chi connectivity index (χ0n) is 14.4. The van der Waals surface area contributed by atoms with E-state index >= 15 is 0 Å². The van der Waals surface area contributed by atoms with Gasteiger partial charge in [0.15, 0.2) is 5.96 Å². The SMILES string of the molecule is I.OCCCCCCNC(=NCc1cccs1)NCCc1ccco1. The molecule has 2 aromatic heterocycles. The van der Waals surface area contributed by atoms with Crippen LogP contribution in [0, 0.1) is 0 Å². The van der Waals surface area contributed by atoms with Crippen LogP contribution in [0.3, 0.4) is 0 Å². The first-order valence-corrected chi connectivity index (χ1v) is 9.44.